The van der Waals surface area contributed by atoms with Crippen LogP contribution in [0.1, 0.15) is 20.3 Å². The van der Waals surface area contributed by atoms with E-state index in [-0.39, 0.29) is 11.5 Å². The van der Waals surface area contributed by atoms with Gasteiger partial charge in [-0.1, -0.05) is 13.8 Å². The third-order valence-electron chi connectivity index (χ3n) is 3.02. The van der Waals surface area contributed by atoms with Crippen LogP contribution in [0.4, 0.5) is 11.5 Å². The number of likely N-dealkylation sites (N-methyl/N-ethyl adjacent to an activating group) is 1. The molecule has 1 heterocycles. The lowest BCUT2D eigenvalue weighted by molar-refractivity contribution is 0.367. The number of nitrogens with two attached hydrogens (primary N) is 1. The van der Waals surface area contributed by atoms with Crippen molar-refractivity contribution in [1.82, 2.24) is 14.5 Å². The summed E-state index contributed by atoms with van der Waals surface area (Å²) in [5, 5.41) is 3.00. The standard InChI is InChI=1S/C12H23N5O2/c1-4-7-17-10(13)9(11(18)15-12(17)19)14-6-8-16(3)5-2/h14H,4-8,13H2,1-3H3,(H,15,18,19). The Bertz CT molecular complexity index is 520. The summed E-state index contributed by atoms with van der Waals surface area (Å²) in [5.74, 6) is 0.203. The third-order valence-corrected chi connectivity index (χ3v) is 3.02. The molecule has 19 heavy (non-hydrogen) atoms. The number of anilines is 2. The first-order valence-corrected chi connectivity index (χ1v) is 6.56. The number of nitrogens with one attached hydrogen (secondary N) is 2. The maximum atomic E-state index is 11.7. The summed E-state index contributed by atoms with van der Waals surface area (Å²) in [6.45, 7) is 6.82. The van der Waals surface area contributed by atoms with Gasteiger partial charge in [-0.2, -0.15) is 0 Å². The molecule has 7 heteroatoms. The molecular formula is C12H23N5O2. The van der Waals surface area contributed by atoms with Crippen molar-refractivity contribution in [3.05, 3.63) is 20.8 Å². The molecule has 0 saturated heterocycles. The number of aromatic amines is 1. The van der Waals surface area contributed by atoms with Crippen LogP contribution in [0.3, 0.4) is 0 Å². The molecule has 1 rings (SSSR count). The Hall–Kier alpha value is -1.76. The lowest BCUT2D eigenvalue weighted by atomic mass is 10.4. The number of hydrogen-bond donors (Lipinski definition) is 3. The van der Waals surface area contributed by atoms with Crippen LogP contribution in [0.15, 0.2) is 9.59 Å². The van der Waals surface area contributed by atoms with Gasteiger partial charge in [0.15, 0.2) is 0 Å². The smallest absolute Gasteiger partial charge is 0.330 e. The van der Waals surface area contributed by atoms with Gasteiger partial charge in [0.2, 0.25) is 0 Å². The third kappa shape index (κ3) is 3.85. The van der Waals surface area contributed by atoms with Crippen LogP contribution in [-0.4, -0.2) is 41.1 Å². The molecule has 0 aliphatic carbocycles. The maximum Gasteiger partial charge on any atom is 0.330 e. The molecule has 0 aliphatic heterocycles. The highest BCUT2D eigenvalue weighted by atomic mass is 16.2. The van der Waals surface area contributed by atoms with Crippen LogP contribution in [0.2, 0.25) is 0 Å². The minimum atomic E-state index is -0.464. The van der Waals surface area contributed by atoms with E-state index >= 15 is 0 Å². The van der Waals surface area contributed by atoms with Crippen molar-refractivity contribution in [2.75, 3.05) is 37.7 Å². The van der Waals surface area contributed by atoms with E-state index in [1.165, 1.54) is 4.57 Å². The average Bonchev–Trinajstić information content (AvgIpc) is 2.38. The fourth-order valence-corrected chi connectivity index (χ4v) is 1.73. The zero-order valence-corrected chi connectivity index (χ0v) is 11.8. The second-order valence-corrected chi connectivity index (χ2v) is 4.49. The van der Waals surface area contributed by atoms with Crippen LogP contribution >= 0.6 is 0 Å². The van der Waals surface area contributed by atoms with Gasteiger partial charge in [0, 0.05) is 19.6 Å². The number of H-pyrrole nitrogens is 1. The summed E-state index contributed by atoms with van der Waals surface area (Å²) in [4.78, 5) is 27.8. The van der Waals surface area contributed by atoms with Gasteiger partial charge in [-0.25, -0.2) is 4.79 Å². The van der Waals surface area contributed by atoms with Gasteiger partial charge in [-0.05, 0) is 20.0 Å². The highest BCUT2D eigenvalue weighted by Gasteiger charge is 2.11. The number of nitrogen functional groups attached to an aromatic ring is 1. The van der Waals surface area contributed by atoms with Crippen molar-refractivity contribution in [2.24, 2.45) is 0 Å². The van der Waals surface area contributed by atoms with E-state index < -0.39 is 11.2 Å². The fourth-order valence-electron chi connectivity index (χ4n) is 1.73. The first-order chi connectivity index (χ1) is 9.01. The van der Waals surface area contributed by atoms with Gasteiger partial charge >= 0.3 is 5.69 Å². The zero-order chi connectivity index (χ0) is 14.4. The number of rotatable bonds is 7. The van der Waals surface area contributed by atoms with Crippen LogP contribution in [0.25, 0.3) is 0 Å². The maximum absolute atomic E-state index is 11.7. The second kappa shape index (κ2) is 6.98. The molecule has 108 valence electrons. The lowest BCUT2D eigenvalue weighted by Crippen LogP contribution is -2.35. The monoisotopic (exact) mass is 269 g/mol. The SMILES string of the molecule is CCCn1c(N)c(NCCN(C)CC)c(=O)[nH]c1=O. The first kappa shape index (κ1) is 15.3. The van der Waals surface area contributed by atoms with E-state index in [0.717, 1.165) is 19.5 Å². The van der Waals surface area contributed by atoms with Gasteiger partial charge in [-0.15, -0.1) is 0 Å². The van der Waals surface area contributed by atoms with E-state index in [0.29, 0.717) is 13.1 Å². The predicted octanol–water partition coefficient (Wildman–Crippen LogP) is -0.108. The lowest BCUT2D eigenvalue weighted by Gasteiger charge is -2.16. The predicted molar refractivity (Wildman–Crippen MR) is 77.7 cm³/mol. The Kier molecular flexibility index (Phi) is 5.62. The molecule has 4 N–H and O–H groups in total. The van der Waals surface area contributed by atoms with E-state index in [4.69, 9.17) is 5.73 Å². The molecule has 0 spiro atoms. The Balaban J connectivity index is 2.91. The Morgan fingerprint density at radius 3 is 2.63 bits per heavy atom. The minimum absolute atomic E-state index is 0.203. The number of hydrogen-bond acceptors (Lipinski definition) is 5. The van der Waals surface area contributed by atoms with Crippen molar-refractivity contribution in [3.8, 4) is 0 Å². The van der Waals surface area contributed by atoms with Crippen molar-refractivity contribution in [1.29, 1.82) is 0 Å². The number of aromatic nitrogens is 2. The van der Waals surface area contributed by atoms with E-state index in [9.17, 15) is 9.59 Å². The molecule has 0 fully saturated rings. The summed E-state index contributed by atoms with van der Waals surface area (Å²) in [6.07, 6.45) is 0.772. The van der Waals surface area contributed by atoms with E-state index in [1.54, 1.807) is 0 Å². The summed E-state index contributed by atoms with van der Waals surface area (Å²) in [5.41, 5.74) is 5.24. The topological polar surface area (TPSA) is 96.2 Å². The molecule has 0 amide bonds. The Labute approximate surface area is 112 Å². The molecule has 0 bridgehead atoms. The highest BCUT2D eigenvalue weighted by molar-refractivity contribution is 5.60. The van der Waals surface area contributed by atoms with Crippen LogP contribution in [0.5, 0.6) is 0 Å². The zero-order valence-electron chi connectivity index (χ0n) is 11.8. The van der Waals surface area contributed by atoms with Crippen LogP contribution in [0, 0.1) is 0 Å². The molecular weight excluding hydrogens is 246 g/mol. The highest BCUT2D eigenvalue weighted by Crippen LogP contribution is 2.09. The molecule has 0 unspecified atom stereocenters. The van der Waals surface area contributed by atoms with Crippen LogP contribution < -0.4 is 22.3 Å². The molecule has 1 aromatic heterocycles. The van der Waals surface area contributed by atoms with Gasteiger partial charge in [0.1, 0.15) is 11.5 Å². The first-order valence-electron chi connectivity index (χ1n) is 6.56. The van der Waals surface area contributed by atoms with Crippen molar-refractivity contribution in [3.63, 3.8) is 0 Å². The summed E-state index contributed by atoms with van der Waals surface area (Å²) in [6, 6.07) is 0. The van der Waals surface area contributed by atoms with Crippen LogP contribution in [-0.2, 0) is 6.54 Å². The Morgan fingerprint density at radius 2 is 2.05 bits per heavy atom. The second-order valence-electron chi connectivity index (χ2n) is 4.49. The van der Waals surface area contributed by atoms with E-state index in [2.05, 4.69) is 22.1 Å². The van der Waals surface area contributed by atoms with Gasteiger partial charge < -0.3 is 16.0 Å². The molecule has 0 aliphatic rings. The average molecular weight is 269 g/mol. The minimum Gasteiger partial charge on any atom is -0.383 e. The summed E-state index contributed by atoms with van der Waals surface area (Å²) < 4.78 is 1.38. The van der Waals surface area contributed by atoms with Gasteiger partial charge in [-0.3, -0.25) is 14.3 Å². The number of nitrogens with zero attached hydrogens (tertiary/aromatic N) is 2. The molecule has 0 saturated carbocycles. The molecule has 0 radical (unpaired) electrons. The molecule has 0 atom stereocenters. The summed E-state index contributed by atoms with van der Waals surface area (Å²) in [7, 11) is 1.99. The quantitative estimate of drug-likeness (QED) is 0.642. The fraction of sp³-hybridized carbons (Fsp3) is 0.667. The van der Waals surface area contributed by atoms with Gasteiger partial charge in [0.05, 0.1) is 0 Å². The summed E-state index contributed by atoms with van der Waals surface area (Å²) >= 11 is 0. The van der Waals surface area contributed by atoms with Crippen molar-refractivity contribution < 1.29 is 0 Å². The molecule has 0 aromatic carbocycles. The van der Waals surface area contributed by atoms with Crippen molar-refractivity contribution >= 4 is 11.5 Å². The molecule has 7 nitrogen and oxygen atoms in total. The van der Waals surface area contributed by atoms with Crippen molar-refractivity contribution in [2.45, 2.75) is 26.8 Å². The Morgan fingerprint density at radius 1 is 1.37 bits per heavy atom. The largest absolute Gasteiger partial charge is 0.383 e. The molecule has 1 aromatic rings. The van der Waals surface area contributed by atoms with E-state index in [1.807, 2.05) is 14.0 Å². The van der Waals surface area contributed by atoms with Gasteiger partial charge in [0.25, 0.3) is 5.56 Å². The normalized spacial score (nSPS) is 10.9.